The van der Waals surface area contributed by atoms with Gasteiger partial charge in [-0.05, 0) is 19.3 Å². The van der Waals surface area contributed by atoms with Crippen LogP contribution >= 0.6 is 19.6 Å². The van der Waals surface area contributed by atoms with E-state index in [-0.39, 0.29) is 37.2 Å². The number of nitrogens with one attached hydrogen (secondary N) is 3. The van der Waals surface area contributed by atoms with Gasteiger partial charge in [0, 0.05) is 37.7 Å². The van der Waals surface area contributed by atoms with Crippen molar-refractivity contribution in [2.24, 2.45) is 0 Å². The summed E-state index contributed by atoms with van der Waals surface area (Å²) < 4.78 is 25.1. The Labute approximate surface area is 180 Å². The number of urea groups is 1. The molecule has 5 unspecified atom stereocenters. The predicted octanol–water partition coefficient (Wildman–Crippen LogP) is 0.359. The van der Waals surface area contributed by atoms with E-state index < -0.39 is 13.9 Å². The van der Waals surface area contributed by atoms with Crippen LogP contribution in [-0.4, -0.2) is 84.6 Å². The highest BCUT2D eigenvalue weighted by Gasteiger charge is 2.42. The molecule has 2 fully saturated rings. The number of hydrogen-bond acceptors (Lipinski definition) is 8. The van der Waals surface area contributed by atoms with Gasteiger partial charge in [0.05, 0.1) is 25.3 Å². The Bertz CT molecular complexity index is 614. The maximum atomic E-state index is 11.9. The first-order chi connectivity index (χ1) is 14.3. The molecule has 0 aliphatic carbocycles. The second-order valence-electron chi connectivity index (χ2n) is 7.25. The topological polar surface area (TPSA) is 155 Å². The molecule has 0 radical (unpaired) electrons. The summed E-state index contributed by atoms with van der Waals surface area (Å²) in [6.07, 6.45) is 2.74. The Balaban J connectivity index is 1.41. The Kier molecular flexibility index (Phi) is 10.9. The molecule has 13 heteroatoms. The van der Waals surface area contributed by atoms with Crippen molar-refractivity contribution in [1.82, 2.24) is 16.0 Å². The molecule has 0 aromatic heterocycles. The van der Waals surface area contributed by atoms with Gasteiger partial charge in [-0.15, -0.1) is 0 Å². The zero-order valence-corrected chi connectivity index (χ0v) is 18.8. The lowest BCUT2D eigenvalue weighted by Crippen LogP contribution is -2.36. The zero-order chi connectivity index (χ0) is 22.0. The first-order valence-corrected chi connectivity index (χ1v) is 12.6. The molecule has 2 aliphatic heterocycles. The Morgan fingerprint density at radius 1 is 1.33 bits per heavy atom. The molecule has 2 saturated heterocycles. The first kappa shape index (κ1) is 25.4. The van der Waals surface area contributed by atoms with E-state index in [1.165, 1.54) is 0 Å². The minimum absolute atomic E-state index is 0.00511. The molecule has 2 heterocycles. The van der Waals surface area contributed by atoms with Crippen molar-refractivity contribution in [3.63, 3.8) is 0 Å². The van der Waals surface area contributed by atoms with Gasteiger partial charge in [0.2, 0.25) is 5.91 Å². The Morgan fingerprint density at radius 2 is 2.13 bits per heavy atom. The molecule has 30 heavy (non-hydrogen) atoms. The normalized spacial score (nSPS) is 25.8. The third kappa shape index (κ3) is 9.09. The fourth-order valence-corrected chi connectivity index (χ4v) is 5.27. The molecule has 3 amide bonds. The van der Waals surface area contributed by atoms with Crippen LogP contribution in [0.15, 0.2) is 0 Å². The second kappa shape index (κ2) is 12.8. The number of aliphatic hydroxyl groups is 1. The number of carbonyl (C=O) groups is 2. The number of thioether (sulfide) groups is 1. The fraction of sp³-hybridized carbons (Fsp3) is 0.882. The van der Waals surface area contributed by atoms with Crippen molar-refractivity contribution in [1.29, 1.82) is 0 Å². The van der Waals surface area contributed by atoms with Crippen LogP contribution in [0.5, 0.6) is 0 Å². The van der Waals surface area contributed by atoms with Gasteiger partial charge >= 0.3 is 13.9 Å². The Hall–Kier alpha value is -0.880. The van der Waals surface area contributed by atoms with Crippen molar-refractivity contribution in [3.05, 3.63) is 0 Å². The van der Waals surface area contributed by atoms with Gasteiger partial charge in [0.25, 0.3) is 0 Å². The summed E-state index contributed by atoms with van der Waals surface area (Å²) in [6, 6.07) is 0.353. The number of hydrogen-bond donors (Lipinski definition) is 5. The number of phosphoric ester groups is 1. The van der Waals surface area contributed by atoms with E-state index in [0.29, 0.717) is 31.2 Å². The summed E-state index contributed by atoms with van der Waals surface area (Å²) in [7, 11) is -3.06. The molecule has 0 aromatic carbocycles. The van der Waals surface area contributed by atoms with E-state index in [1.807, 2.05) is 11.8 Å². The fourth-order valence-electron chi connectivity index (χ4n) is 3.26. The molecule has 0 aromatic rings. The quantitative estimate of drug-likeness (QED) is 0.130. The molecular weight excluding hydrogens is 437 g/mol. The van der Waals surface area contributed by atoms with E-state index in [9.17, 15) is 19.3 Å². The predicted molar refractivity (Wildman–Crippen MR) is 111 cm³/mol. The van der Waals surface area contributed by atoms with E-state index in [1.54, 1.807) is 0 Å². The van der Waals surface area contributed by atoms with E-state index in [0.717, 1.165) is 32.1 Å². The van der Waals surface area contributed by atoms with Gasteiger partial charge in [0.15, 0.2) is 0 Å². The van der Waals surface area contributed by atoms with Gasteiger partial charge in [0.1, 0.15) is 6.10 Å². The molecule has 0 spiro atoms. The number of ether oxygens (including phenoxy) is 1. The van der Waals surface area contributed by atoms with Crippen LogP contribution in [-0.2, 0) is 23.1 Å². The third-order valence-corrected chi connectivity index (χ3v) is 7.28. The van der Waals surface area contributed by atoms with Crippen molar-refractivity contribution in [3.8, 4) is 0 Å². The average Bonchev–Trinajstić information content (AvgIpc) is 3.25. The summed E-state index contributed by atoms with van der Waals surface area (Å²) in [6.45, 7) is 0.386. The van der Waals surface area contributed by atoms with E-state index >= 15 is 0 Å². The van der Waals surface area contributed by atoms with Gasteiger partial charge in [-0.1, -0.05) is 6.42 Å². The first-order valence-electron chi connectivity index (χ1n) is 10.0. The largest absolute Gasteiger partial charge is 0.472 e. The van der Waals surface area contributed by atoms with E-state index in [2.05, 4.69) is 25.0 Å². The molecule has 5 atom stereocenters. The molecule has 0 bridgehead atoms. The SMILES string of the molecule is COP(=O)(O)OCC(O)COCCCNC(=O)CCCCC1SCC2NC(=O)NC21. The molecular formula is C17H32N3O8PS. The highest BCUT2D eigenvalue weighted by Crippen LogP contribution is 2.41. The van der Waals surface area contributed by atoms with Gasteiger partial charge < -0.3 is 30.7 Å². The molecule has 0 saturated carbocycles. The minimum atomic E-state index is -4.10. The highest BCUT2D eigenvalue weighted by atomic mass is 32.2. The maximum absolute atomic E-state index is 11.9. The summed E-state index contributed by atoms with van der Waals surface area (Å²) in [5.74, 6) is 0.935. The van der Waals surface area contributed by atoms with Crippen LogP contribution < -0.4 is 16.0 Å². The molecule has 174 valence electrons. The number of phosphoric acid groups is 1. The molecule has 2 rings (SSSR count). The maximum Gasteiger partial charge on any atom is 0.472 e. The molecule has 2 aliphatic rings. The second-order valence-corrected chi connectivity index (χ2v) is 10.1. The van der Waals surface area contributed by atoms with Crippen LogP contribution in [0.3, 0.4) is 0 Å². The molecule has 5 N–H and O–H groups in total. The minimum Gasteiger partial charge on any atom is -0.388 e. The highest BCUT2D eigenvalue weighted by molar-refractivity contribution is 8.00. The van der Waals surface area contributed by atoms with E-state index in [4.69, 9.17) is 9.63 Å². The van der Waals surface area contributed by atoms with Crippen molar-refractivity contribution < 1.29 is 37.9 Å². The van der Waals surface area contributed by atoms with Crippen LogP contribution in [0, 0.1) is 0 Å². The number of rotatable bonds is 15. The number of carbonyl (C=O) groups excluding carboxylic acids is 2. The summed E-state index contributed by atoms with van der Waals surface area (Å²) in [5, 5.41) is 18.7. The number of aliphatic hydroxyl groups excluding tert-OH is 1. The zero-order valence-electron chi connectivity index (χ0n) is 17.1. The van der Waals surface area contributed by atoms with Crippen molar-refractivity contribution in [2.75, 3.05) is 39.2 Å². The smallest absolute Gasteiger partial charge is 0.388 e. The average molecular weight is 469 g/mol. The van der Waals surface area contributed by atoms with Gasteiger partial charge in [-0.3, -0.25) is 13.8 Å². The van der Waals surface area contributed by atoms with Gasteiger partial charge in [-0.25, -0.2) is 9.36 Å². The summed E-state index contributed by atoms with van der Waals surface area (Å²) in [5.41, 5.74) is 0. The van der Waals surface area contributed by atoms with Crippen LogP contribution in [0.2, 0.25) is 0 Å². The van der Waals surface area contributed by atoms with Crippen molar-refractivity contribution >= 4 is 31.5 Å². The van der Waals surface area contributed by atoms with Crippen molar-refractivity contribution in [2.45, 2.75) is 55.5 Å². The standard InChI is InChI=1S/C17H32N3O8PS/c1-26-29(24,25)28-10-12(21)9-27-8-4-7-18-15(22)6-3-2-5-14-16-13(11-30-14)19-17(23)20-16/h12-14,16,21H,2-11H2,1H3,(H,18,22)(H,24,25)(H2,19,20,23). The number of unbranched alkanes of at least 4 members (excludes halogenated alkanes) is 1. The number of fused-ring (bicyclic) bond motifs is 1. The monoisotopic (exact) mass is 469 g/mol. The third-order valence-electron chi connectivity index (χ3n) is 4.84. The van der Waals surface area contributed by atoms with Crippen LogP contribution in [0.1, 0.15) is 32.1 Å². The summed E-state index contributed by atoms with van der Waals surface area (Å²) >= 11 is 1.87. The lowest BCUT2D eigenvalue weighted by Gasteiger charge is -2.16. The Morgan fingerprint density at radius 3 is 2.90 bits per heavy atom. The number of amides is 3. The van der Waals surface area contributed by atoms with Gasteiger partial charge in [-0.2, -0.15) is 11.8 Å². The van der Waals surface area contributed by atoms with Crippen LogP contribution in [0.25, 0.3) is 0 Å². The lowest BCUT2D eigenvalue weighted by atomic mass is 10.0. The summed E-state index contributed by atoms with van der Waals surface area (Å²) in [4.78, 5) is 32.3. The van der Waals surface area contributed by atoms with Crippen LogP contribution in [0.4, 0.5) is 4.79 Å². The molecule has 11 nitrogen and oxygen atoms in total. The lowest BCUT2D eigenvalue weighted by molar-refractivity contribution is -0.121.